The van der Waals surface area contributed by atoms with Crippen LogP contribution in [-0.4, -0.2) is 40.9 Å². The highest BCUT2D eigenvalue weighted by molar-refractivity contribution is 5.99. The molecular weight excluding hydrogens is 272 g/mol. The van der Waals surface area contributed by atoms with E-state index in [2.05, 4.69) is 0 Å². The Hall–Kier alpha value is -2.37. The van der Waals surface area contributed by atoms with Gasteiger partial charge in [-0.15, -0.1) is 0 Å². The van der Waals surface area contributed by atoms with Crippen LogP contribution in [0.4, 0.5) is 0 Å². The zero-order valence-electron chi connectivity index (χ0n) is 11.8. The van der Waals surface area contributed by atoms with Crippen molar-refractivity contribution in [3.63, 3.8) is 0 Å². The Morgan fingerprint density at radius 1 is 1.19 bits per heavy atom. The molecule has 3 N–H and O–H groups in total. The lowest BCUT2D eigenvalue weighted by atomic mass is 9.80. The summed E-state index contributed by atoms with van der Waals surface area (Å²) in [5.41, 5.74) is 5.11. The fourth-order valence-corrected chi connectivity index (χ4v) is 2.41. The standard InChI is InChI=1S/C15H18N2O4/c1-15(14(20)21)5-7-17(8-6-15)13(19)11-4-2-3-10(9-11)12(16)18/h2-4,9H,5-8H2,1H3,(H2,16,18)(H,20,21). The highest BCUT2D eigenvalue weighted by Gasteiger charge is 2.38. The average Bonchev–Trinajstić information content (AvgIpc) is 2.47. The second-order valence-electron chi connectivity index (χ2n) is 5.60. The number of piperidine rings is 1. The molecular formula is C15H18N2O4. The van der Waals surface area contributed by atoms with Crippen LogP contribution in [-0.2, 0) is 4.79 Å². The molecule has 0 aromatic heterocycles. The molecule has 1 aromatic rings. The highest BCUT2D eigenvalue weighted by Crippen LogP contribution is 2.31. The molecule has 0 bridgehead atoms. The molecule has 0 aliphatic carbocycles. The predicted molar refractivity (Wildman–Crippen MR) is 75.8 cm³/mol. The van der Waals surface area contributed by atoms with Gasteiger partial charge in [-0.25, -0.2) is 0 Å². The van der Waals surface area contributed by atoms with Crippen molar-refractivity contribution >= 4 is 17.8 Å². The third kappa shape index (κ3) is 3.04. The first-order valence-electron chi connectivity index (χ1n) is 6.76. The molecule has 2 amide bonds. The summed E-state index contributed by atoms with van der Waals surface area (Å²) in [6.45, 7) is 2.48. The number of benzene rings is 1. The summed E-state index contributed by atoms with van der Waals surface area (Å²) >= 11 is 0. The monoisotopic (exact) mass is 290 g/mol. The van der Waals surface area contributed by atoms with Gasteiger partial charge in [0.25, 0.3) is 5.91 Å². The van der Waals surface area contributed by atoms with Crippen LogP contribution in [0.3, 0.4) is 0 Å². The Balaban J connectivity index is 2.10. The van der Waals surface area contributed by atoms with Crippen LogP contribution in [0.2, 0.25) is 0 Å². The molecule has 112 valence electrons. The van der Waals surface area contributed by atoms with E-state index in [1.807, 2.05) is 0 Å². The molecule has 1 aromatic carbocycles. The molecule has 6 heteroatoms. The van der Waals surface area contributed by atoms with Gasteiger partial charge in [0.15, 0.2) is 0 Å². The minimum absolute atomic E-state index is 0.203. The molecule has 0 spiro atoms. The normalized spacial score (nSPS) is 17.3. The Morgan fingerprint density at radius 2 is 1.76 bits per heavy atom. The van der Waals surface area contributed by atoms with E-state index in [0.717, 1.165) is 0 Å². The lowest BCUT2D eigenvalue weighted by Gasteiger charge is -2.36. The number of nitrogens with two attached hydrogens (primary N) is 1. The third-order valence-electron chi connectivity index (χ3n) is 4.06. The van der Waals surface area contributed by atoms with Gasteiger partial charge in [0, 0.05) is 24.2 Å². The van der Waals surface area contributed by atoms with Crippen molar-refractivity contribution in [2.75, 3.05) is 13.1 Å². The minimum Gasteiger partial charge on any atom is -0.481 e. The molecule has 1 saturated heterocycles. The Labute approximate surface area is 122 Å². The Morgan fingerprint density at radius 3 is 2.29 bits per heavy atom. The van der Waals surface area contributed by atoms with Gasteiger partial charge in [0.1, 0.15) is 0 Å². The van der Waals surface area contributed by atoms with Crippen LogP contribution in [0.25, 0.3) is 0 Å². The number of carboxylic acid groups (broad SMARTS) is 1. The van der Waals surface area contributed by atoms with Gasteiger partial charge >= 0.3 is 5.97 Å². The summed E-state index contributed by atoms with van der Waals surface area (Å²) in [7, 11) is 0. The Bertz CT molecular complexity index is 589. The fraction of sp³-hybridized carbons (Fsp3) is 0.400. The van der Waals surface area contributed by atoms with Crippen LogP contribution in [0, 0.1) is 5.41 Å². The summed E-state index contributed by atoms with van der Waals surface area (Å²) in [5.74, 6) is -1.61. The maximum absolute atomic E-state index is 12.4. The van der Waals surface area contributed by atoms with Gasteiger partial charge in [-0.3, -0.25) is 14.4 Å². The van der Waals surface area contributed by atoms with Crippen molar-refractivity contribution in [2.45, 2.75) is 19.8 Å². The number of amides is 2. The van der Waals surface area contributed by atoms with Crippen LogP contribution in [0.1, 0.15) is 40.5 Å². The first-order valence-corrected chi connectivity index (χ1v) is 6.76. The van der Waals surface area contributed by atoms with Crippen molar-refractivity contribution < 1.29 is 19.5 Å². The smallest absolute Gasteiger partial charge is 0.309 e. The number of carbonyl (C=O) groups is 3. The van der Waals surface area contributed by atoms with Crippen LogP contribution in [0.5, 0.6) is 0 Å². The topological polar surface area (TPSA) is 101 Å². The number of hydrogen-bond acceptors (Lipinski definition) is 3. The maximum Gasteiger partial charge on any atom is 0.309 e. The van der Waals surface area contributed by atoms with Crippen molar-refractivity contribution in [3.05, 3.63) is 35.4 Å². The number of nitrogens with zero attached hydrogens (tertiary/aromatic N) is 1. The largest absolute Gasteiger partial charge is 0.481 e. The van der Waals surface area contributed by atoms with Crippen molar-refractivity contribution in [2.24, 2.45) is 11.1 Å². The van der Waals surface area contributed by atoms with Gasteiger partial charge in [-0.05, 0) is 38.0 Å². The molecule has 0 unspecified atom stereocenters. The maximum atomic E-state index is 12.4. The molecule has 1 heterocycles. The van der Waals surface area contributed by atoms with E-state index in [-0.39, 0.29) is 11.5 Å². The summed E-state index contributed by atoms with van der Waals surface area (Å²) < 4.78 is 0. The van der Waals surface area contributed by atoms with Crippen LogP contribution in [0.15, 0.2) is 24.3 Å². The molecule has 1 fully saturated rings. The second-order valence-corrected chi connectivity index (χ2v) is 5.60. The van der Waals surface area contributed by atoms with Crippen molar-refractivity contribution in [3.8, 4) is 0 Å². The van der Waals surface area contributed by atoms with E-state index in [1.54, 1.807) is 30.0 Å². The second kappa shape index (κ2) is 5.55. The van der Waals surface area contributed by atoms with E-state index in [0.29, 0.717) is 31.5 Å². The van der Waals surface area contributed by atoms with Crippen LogP contribution < -0.4 is 5.73 Å². The molecule has 0 saturated carbocycles. The van der Waals surface area contributed by atoms with Gasteiger partial charge in [0.2, 0.25) is 5.91 Å². The molecule has 0 radical (unpaired) electrons. The zero-order valence-corrected chi connectivity index (χ0v) is 11.8. The number of rotatable bonds is 3. The number of carboxylic acids is 1. The first-order chi connectivity index (χ1) is 9.83. The lowest BCUT2D eigenvalue weighted by Crippen LogP contribution is -2.45. The van der Waals surface area contributed by atoms with Crippen molar-refractivity contribution in [1.82, 2.24) is 4.90 Å². The van der Waals surface area contributed by atoms with Crippen molar-refractivity contribution in [1.29, 1.82) is 0 Å². The lowest BCUT2D eigenvalue weighted by molar-refractivity contribution is -0.150. The Kier molecular flexibility index (Phi) is 3.97. The highest BCUT2D eigenvalue weighted by atomic mass is 16.4. The van der Waals surface area contributed by atoms with E-state index in [9.17, 15) is 19.5 Å². The molecule has 21 heavy (non-hydrogen) atoms. The number of likely N-dealkylation sites (tertiary alicyclic amines) is 1. The fourth-order valence-electron chi connectivity index (χ4n) is 2.41. The first kappa shape index (κ1) is 15.0. The number of primary amides is 1. The average molecular weight is 290 g/mol. The molecule has 6 nitrogen and oxygen atoms in total. The summed E-state index contributed by atoms with van der Waals surface area (Å²) in [5, 5.41) is 9.18. The zero-order chi connectivity index (χ0) is 15.6. The number of aliphatic carboxylic acids is 1. The molecule has 2 rings (SSSR count). The molecule has 0 atom stereocenters. The van der Waals surface area contributed by atoms with Gasteiger partial charge in [0.05, 0.1) is 5.41 Å². The third-order valence-corrected chi connectivity index (χ3v) is 4.06. The number of carbonyl (C=O) groups excluding carboxylic acids is 2. The number of hydrogen-bond donors (Lipinski definition) is 2. The predicted octanol–water partition coefficient (Wildman–Crippen LogP) is 1.11. The summed E-state index contributed by atoms with van der Waals surface area (Å²) in [4.78, 5) is 36.3. The van der Waals surface area contributed by atoms with E-state index >= 15 is 0 Å². The summed E-state index contributed by atoms with van der Waals surface area (Å²) in [6.07, 6.45) is 0.840. The van der Waals surface area contributed by atoms with Gasteiger partial charge in [-0.1, -0.05) is 6.07 Å². The van der Waals surface area contributed by atoms with Gasteiger partial charge in [-0.2, -0.15) is 0 Å². The molecule has 1 aliphatic heterocycles. The van der Waals surface area contributed by atoms with E-state index in [1.165, 1.54) is 6.07 Å². The molecule has 1 aliphatic rings. The van der Waals surface area contributed by atoms with Gasteiger partial charge < -0.3 is 15.7 Å². The summed E-state index contributed by atoms with van der Waals surface area (Å²) in [6, 6.07) is 6.25. The quantitative estimate of drug-likeness (QED) is 0.870. The van der Waals surface area contributed by atoms with E-state index < -0.39 is 17.3 Å². The van der Waals surface area contributed by atoms with E-state index in [4.69, 9.17) is 5.73 Å². The minimum atomic E-state index is -0.828. The SMILES string of the molecule is CC1(C(=O)O)CCN(C(=O)c2cccc(C(N)=O)c2)CC1. The van der Waals surface area contributed by atoms with Crippen LogP contribution >= 0.6 is 0 Å².